The Morgan fingerprint density at radius 1 is 1.40 bits per heavy atom. The van der Waals surface area contributed by atoms with E-state index in [1.807, 2.05) is 22.2 Å². The SMILES string of the molecule is CC(C)n1cc(OCc2ccc(CNC3CC3)s2)cn1. The molecular weight excluding hydrogens is 270 g/mol. The monoisotopic (exact) mass is 291 g/mol. The molecule has 0 spiro atoms. The van der Waals surface area contributed by atoms with Crippen LogP contribution in [0, 0.1) is 0 Å². The average molecular weight is 291 g/mol. The number of hydrogen-bond acceptors (Lipinski definition) is 4. The van der Waals surface area contributed by atoms with Crippen LogP contribution in [0.1, 0.15) is 42.5 Å². The summed E-state index contributed by atoms with van der Waals surface area (Å²) in [6, 6.07) is 5.48. The van der Waals surface area contributed by atoms with Gasteiger partial charge in [-0.05, 0) is 38.8 Å². The molecule has 2 aromatic heterocycles. The second-order valence-electron chi connectivity index (χ2n) is 5.56. The first-order valence-electron chi connectivity index (χ1n) is 7.18. The third kappa shape index (κ3) is 3.61. The van der Waals surface area contributed by atoms with Crippen molar-refractivity contribution in [2.24, 2.45) is 0 Å². The Kier molecular flexibility index (Phi) is 4.08. The van der Waals surface area contributed by atoms with Gasteiger partial charge in [0.25, 0.3) is 0 Å². The molecule has 3 rings (SSSR count). The van der Waals surface area contributed by atoms with Gasteiger partial charge in [-0.1, -0.05) is 0 Å². The van der Waals surface area contributed by atoms with Crippen LogP contribution in [-0.2, 0) is 13.2 Å². The first-order valence-corrected chi connectivity index (χ1v) is 8.00. The van der Waals surface area contributed by atoms with Crippen molar-refractivity contribution in [3.8, 4) is 5.75 Å². The smallest absolute Gasteiger partial charge is 0.157 e. The summed E-state index contributed by atoms with van der Waals surface area (Å²) in [6.07, 6.45) is 6.40. The van der Waals surface area contributed by atoms with Gasteiger partial charge in [0.15, 0.2) is 5.75 Å². The lowest BCUT2D eigenvalue weighted by molar-refractivity contribution is 0.309. The lowest BCUT2D eigenvalue weighted by atomic mass is 10.4. The first-order chi connectivity index (χ1) is 9.70. The van der Waals surface area contributed by atoms with Gasteiger partial charge in [-0.2, -0.15) is 5.10 Å². The lowest BCUT2D eigenvalue weighted by Crippen LogP contribution is -2.14. The van der Waals surface area contributed by atoms with E-state index in [4.69, 9.17) is 4.74 Å². The van der Waals surface area contributed by atoms with E-state index in [1.54, 1.807) is 6.20 Å². The fraction of sp³-hybridized carbons (Fsp3) is 0.533. The molecule has 2 heterocycles. The largest absolute Gasteiger partial charge is 0.485 e. The molecule has 0 radical (unpaired) electrons. The van der Waals surface area contributed by atoms with Crippen LogP contribution in [0.25, 0.3) is 0 Å². The normalized spacial score (nSPS) is 14.9. The van der Waals surface area contributed by atoms with Crippen molar-refractivity contribution in [2.75, 3.05) is 0 Å². The second-order valence-corrected chi connectivity index (χ2v) is 6.81. The number of rotatable bonds is 7. The molecule has 0 aromatic carbocycles. The van der Waals surface area contributed by atoms with Gasteiger partial charge in [-0.3, -0.25) is 4.68 Å². The fourth-order valence-corrected chi connectivity index (χ4v) is 2.84. The summed E-state index contributed by atoms with van der Waals surface area (Å²) in [7, 11) is 0. The molecule has 4 nitrogen and oxygen atoms in total. The Bertz CT molecular complexity index is 557. The second kappa shape index (κ2) is 5.97. The maximum absolute atomic E-state index is 5.78. The lowest BCUT2D eigenvalue weighted by Gasteiger charge is -2.03. The third-order valence-corrected chi connectivity index (χ3v) is 4.41. The molecule has 2 aromatic rings. The Morgan fingerprint density at radius 3 is 2.90 bits per heavy atom. The van der Waals surface area contributed by atoms with Crippen LogP contribution in [0.4, 0.5) is 0 Å². The van der Waals surface area contributed by atoms with Crippen LogP contribution >= 0.6 is 11.3 Å². The summed E-state index contributed by atoms with van der Waals surface area (Å²) in [6.45, 7) is 5.82. The highest BCUT2D eigenvalue weighted by atomic mass is 32.1. The molecule has 20 heavy (non-hydrogen) atoms. The Hall–Kier alpha value is -1.33. The van der Waals surface area contributed by atoms with Crippen molar-refractivity contribution < 1.29 is 4.74 Å². The fourth-order valence-electron chi connectivity index (χ4n) is 1.96. The zero-order valence-electron chi connectivity index (χ0n) is 12.0. The summed E-state index contributed by atoms with van der Waals surface area (Å²) in [5.74, 6) is 0.838. The van der Waals surface area contributed by atoms with Crippen molar-refractivity contribution in [2.45, 2.75) is 51.9 Å². The van der Waals surface area contributed by atoms with Crippen LogP contribution in [0.3, 0.4) is 0 Å². The average Bonchev–Trinajstić information content (AvgIpc) is 2.96. The maximum Gasteiger partial charge on any atom is 0.157 e. The van der Waals surface area contributed by atoms with Crippen LogP contribution in [0.5, 0.6) is 5.75 Å². The summed E-state index contributed by atoms with van der Waals surface area (Å²) >= 11 is 1.82. The summed E-state index contributed by atoms with van der Waals surface area (Å²) in [5, 5.41) is 7.81. The van der Waals surface area contributed by atoms with Gasteiger partial charge in [0.2, 0.25) is 0 Å². The van der Waals surface area contributed by atoms with E-state index < -0.39 is 0 Å². The molecular formula is C15H21N3OS. The van der Waals surface area contributed by atoms with Crippen molar-refractivity contribution in [3.05, 3.63) is 34.3 Å². The molecule has 1 aliphatic carbocycles. The Morgan fingerprint density at radius 2 is 2.20 bits per heavy atom. The maximum atomic E-state index is 5.78. The molecule has 0 saturated heterocycles. The van der Waals surface area contributed by atoms with Crippen LogP contribution in [0.15, 0.2) is 24.5 Å². The number of aromatic nitrogens is 2. The van der Waals surface area contributed by atoms with Gasteiger partial charge in [0, 0.05) is 28.4 Å². The van der Waals surface area contributed by atoms with Gasteiger partial charge in [-0.25, -0.2) is 0 Å². The number of nitrogens with one attached hydrogen (secondary N) is 1. The van der Waals surface area contributed by atoms with Crippen molar-refractivity contribution >= 4 is 11.3 Å². The number of thiophene rings is 1. The minimum Gasteiger partial charge on any atom is -0.485 e. The Balaban J connectivity index is 1.49. The quantitative estimate of drug-likeness (QED) is 0.850. The van der Waals surface area contributed by atoms with E-state index in [2.05, 4.69) is 36.4 Å². The van der Waals surface area contributed by atoms with E-state index in [1.165, 1.54) is 22.6 Å². The van der Waals surface area contributed by atoms with Crippen molar-refractivity contribution in [1.29, 1.82) is 0 Å². The van der Waals surface area contributed by atoms with E-state index in [0.29, 0.717) is 12.6 Å². The summed E-state index contributed by atoms with van der Waals surface area (Å²) in [4.78, 5) is 2.64. The van der Waals surface area contributed by atoms with Crippen LogP contribution in [-0.4, -0.2) is 15.8 Å². The molecule has 0 bridgehead atoms. The molecule has 0 unspecified atom stereocenters. The summed E-state index contributed by atoms with van der Waals surface area (Å²) < 4.78 is 7.69. The number of nitrogens with zero attached hydrogens (tertiary/aromatic N) is 2. The van der Waals surface area contributed by atoms with Gasteiger partial charge in [-0.15, -0.1) is 11.3 Å². The van der Waals surface area contributed by atoms with Gasteiger partial charge >= 0.3 is 0 Å². The summed E-state index contributed by atoms with van der Waals surface area (Å²) in [5.41, 5.74) is 0. The standard InChI is InChI=1S/C15H21N3OS/c1-11(2)18-9-13(7-17-18)19-10-15-6-5-14(20-15)8-16-12-3-4-12/h5-7,9,11-12,16H,3-4,8,10H2,1-2H3. The van der Waals surface area contributed by atoms with E-state index >= 15 is 0 Å². The van der Waals surface area contributed by atoms with Crippen molar-refractivity contribution in [3.63, 3.8) is 0 Å². The molecule has 5 heteroatoms. The zero-order valence-corrected chi connectivity index (χ0v) is 12.8. The first kappa shape index (κ1) is 13.6. The van der Waals surface area contributed by atoms with E-state index in [0.717, 1.165) is 18.3 Å². The molecule has 0 aliphatic heterocycles. The molecule has 1 saturated carbocycles. The molecule has 1 fully saturated rings. The van der Waals surface area contributed by atoms with E-state index in [-0.39, 0.29) is 0 Å². The van der Waals surface area contributed by atoms with Gasteiger partial charge in [0.1, 0.15) is 6.61 Å². The molecule has 0 atom stereocenters. The van der Waals surface area contributed by atoms with Gasteiger partial charge < -0.3 is 10.1 Å². The topological polar surface area (TPSA) is 39.1 Å². The van der Waals surface area contributed by atoms with Crippen LogP contribution in [0.2, 0.25) is 0 Å². The minimum absolute atomic E-state index is 0.370. The predicted molar refractivity (Wildman–Crippen MR) is 81.1 cm³/mol. The van der Waals surface area contributed by atoms with Gasteiger partial charge in [0.05, 0.1) is 12.4 Å². The minimum atomic E-state index is 0.370. The zero-order chi connectivity index (χ0) is 13.9. The highest BCUT2D eigenvalue weighted by molar-refractivity contribution is 7.11. The molecule has 1 aliphatic rings. The molecule has 0 amide bonds. The molecule has 108 valence electrons. The van der Waals surface area contributed by atoms with Crippen molar-refractivity contribution in [1.82, 2.24) is 15.1 Å². The van der Waals surface area contributed by atoms with Crippen LogP contribution < -0.4 is 10.1 Å². The molecule has 1 N–H and O–H groups in total. The Labute approximate surface area is 123 Å². The number of ether oxygens (including phenoxy) is 1. The highest BCUT2D eigenvalue weighted by Crippen LogP contribution is 2.23. The number of hydrogen-bond donors (Lipinski definition) is 1. The van der Waals surface area contributed by atoms with E-state index in [9.17, 15) is 0 Å². The predicted octanol–water partition coefficient (Wildman–Crippen LogP) is 3.36. The third-order valence-electron chi connectivity index (χ3n) is 3.35. The highest BCUT2D eigenvalue weighted by Gasteiger charge is 2.20.